The minimum Gasteiger partial charge on any atom is -0.462 e. The van der Waals surface area contributed by atoms with Gasteiger partial charge in [-0.05, 0) is 83.5 Å². The van der Waals surface area contributed by atoms with Crippen molar-refractivity contribution in [1.29, 1.82) is 0 Å². The van der Waals surface area contributed by atoms with E-state index in [9.17, 15) is 14.4 Å². The first-order valence-corrected chi connectivity index (χ1v) is 23.2. The van der Waals surface area contributed by atoms with E-state index >= 15 is 0 Å². The molecule has 0 N–H and O–H groups in total. The standard InChI is InChI=1S/C49H86O6/c1-4-7-10-13-16-19-22-23-24-25-28-30-33-36-39-42-48(51)54-45-46(55-49(52)43-40-37-34-31-27-21-18-15-12-9-6-3)44-53-47(50)41-38-35-32-29-26-20-17-14-11-8-5-2/h14-15,17-19,21-22,27,46H,4-13,16,20,23-26,28-45H2,1-3H3/b17-14-,18-15-,22-19-,27-21-. The number of esters is 3. The summed E-state index contributed by atoms with van der Waals surface area (Å²) in [5.74, 6) is -0.933. The van der Waals surface area contributed by atoms with E-state index < -0.39 is 6.10 Å². The Morgan fingerprint density at radius 2 is 0.673 bits per heavy atom. The van der Waals surface area contributed by atoms with Gasteiger partial charge < -0.3 is 14.2 Å². The summed E-state index contributed by atoms with van der Waals surface area (Å²) in [6, 6.07) is 0. The second-order valence-electron chi connectivity index (χ2n) is 15.3. The Hall–Kier alpha value is -2.63. The molecule has 0 aromatic rings. The fourth-order valence-electron chi connectivity index (χ4n) is 6.22. The Bertz CT molecular complexity index is 980. The van der Waals surface area contributed by atoms with E-state index in [4.69, 9.17) is 14.2 Å². The minimum atomic E-state index is -0.788. The number of rotatable bonds is 41. The van der Waals surface area contributed by atoms with Crippen molar-refractivity contribution in [2.45, 2.75) is 232 Å². The third-order valence-electron chi connectivity index (χ3n) is 9.80. The fraction of sp³-hybridized carbons (Fsp3) is 0.776. The second-order valence-corrected chi connectivity index (χ2v) is 15.3. The molecule has 318 valence electrons. The number of hydrogen-bond donors (Lipinski definition) is 0. The third kappa shape index (κ3) is 42.4. The lowest BCUT2D eigenvalue weighted by molar-refractivity contribution is -0.167. The van der Waals surface area contributed by atoms with Crippen LogP contribution in [0.4, 0.5) is 0 Å². The molecule has 6 heteroatoms. The Morgan fingerprint density at radius 3 is 1.11 bits per heavy atom. The van der Waals surface area contributed by atoms with Gasteiger partial charge in [-0.1, -0.05) is 172 Å². The van der Waals surface area contributed by atoms with Gasteiger partial charge in [0.1, 0.15) is 13.2 Å². The van der Waals surface area contributed by atoms with Crippen LogP contribution in [0.3, 0.4) is 0 Å². The molecule has 0 heterocycles. The van der Waals surface area contributed by atoms with Crippen molar-refractivity contribution >= 4 is 17.9 Å². The normalized spacial score (nSPS) is 12.4. The van der Waals surface area contributed by atoms with Crippen LogP contribution in [-0.4, -0.2) is 37.2 Å². The van der Waals surface area contributed by atoms with Crippen LogP contribution in [0, 0.1) is 0 Å². The number of hydrogen-bond acceptors (Lipinski definition) is 6. The number of ether oxygens (including phenoxy) is 3. The van der Waals surface area contributed by atoms with Gasteiger partial charge in [-0.3, -0.25) is 14.4 Å². The molecule has 0 spiro atoms. The second kappa shape index (κ2) is 44.1. The Balaban J connectivity index is 4.40. The van der Waals surface area contributed by atoms with Crippen LogP contribution in [0.1, 0.15) is 226 Å². The maximum absolute atomic E-state index is 12.7. The van der Waals surface area contributed by atoms with E-state index in [1.165, 1.54) is 109 Å². The monoisotopic (exact) mass is 771 g/mol. The first-order valence-electron chi connectivity index (χ1n) is 23.2. The van der Waals surface area contributed by atoms with E-state index in [0.29, 0.717) is 19.3 Å². The van der Waals surface area contributed by atoms with E-state index in [2.05, 4.69) is 69.4 Å². The highest BCUT2D eigenvalue weighted by atomic mass is 16.6. The average molecular weight is 771 g/mol. The van der Waals surface area contributed by atoms with Gasteiger partial charge in [0.2, 0.25) is 0 Å². The van der Waals surface area contributed by atoms with Gasteiger partial charge in [0.15, 0.2) is 6.10 Å². The molecule has 6 nitrogen and oxygen atoms in total. The molecule has 0 bridgehead atoms. The summed E-state index contributed by atoms with van der Waals surface area (Å²) in [6.07, 6.45) is 50.9. The Kier molecular flexibility index (Phi) is 42.0. The van der Waals surface area contributed by atoms with Crippen molar-refractivity contribution in [1.82, 2.24) is 0 Å². The first-order chi connectivity index (χ1) is 27.0. The molecule has 1 unspecified atom stereocenters. The third-order valence-corrected chi connectivity index (χ3v) is 9.80. The number of carbonyl (C=O) groups is 3. The maximum Gasteiger partial charge on any atom is 0.306 e. The molecule has 0 aliphatic carbocycles. The lowest BCUT2D eigenvalue weighted by Gasteiger charge is -2.18. The van der Waals surface area contributed by atoms with Crippen LogP contribution < -0.4 is 0 Å². The van der Waals surface area contributed by atoms with Gasteiger partial charge in [0.25, 0.3) is 0 Å². The van der Waals surface area contributed by atoms with E-state index in [1.807, 2.05) is 0 Å². The van der Waals surface area contributed by atoms with Crippen LogP contribution >= 0.6 is 0 Å². The molecule has 55 heavy (non-hydrogen) atoms. The Morgan fingerprint density at radius 1 is 0.364 bits per heavy atom. The van der Waals surface area contributed by atoms with Crippen molar-refractivity contribution in [3.05, 3.63) is 48.6 Å². The summed E-state index contributed by atoms with van der Waals surface area (Å²) in [5.41, 5.74) is 0. The van der Waals surface area contributed by atoms with Gasteiger partial charge in [-0.15, -0.1) is 0 Å². The van der Waals surface area contributed by atoms with Crippen LogP contribution in [0.15, 0.2) is 48.6 Å². The van der Waals surface area contributed by atoms with Gasteiger partial charge in [-0.2, -0.15) is 0 Å². The topological polar surface area (TPSA) is 78.9 Å². The molecule has 0 aliphatic heterocycles. The van der Waals surface area contributed by atoms with E-state index in [1.54, 1.807) is 0 Å². The molecule has 0 rings (SSSR count). The highest BCUT2D eigenvalue weighted by Gasteiger charge is 2.19. The van der Waals surface area contributed by atoms with Gasteiger partial charge >= 0.3 is 17.9 Å². The lowest BCUT2D eigenvalue weighted by atomic mass is 10.1. The lowest BCUT2D eigenvalue weighted by Crippen LogP contribution is -2.30. The molecule has 0 aromatic heterocycles. The predicted octanol–water partition coefficient (Wildman–Crippen LogP) is 14.8. The van der Waals surface area contributed by atoms with E-state index in [-0.39, 0.29) is 31.1 Å². The van der Waals surface area contributed by atoms with Crippen molar-refractivity contribution < 1.29 is 28.6 Å². The summed E-state index contributed by atoms with van der Waals surface area (Å²) < 4.78 is 16.7. The predicted molar refractivity (Wildman–Crippen MR) is 233 cm³/mol. The number of carbonyl (C=O) groups excluding carboxylic acids is 3. The zero-order valence-corrected chi connectivity index (χ0v) is 36.2. The molecule has 0 aromatic carbocycles. The van der Waals surface area contributed by atoms with Gasteiger partial charge in [0.05, 0.1) is 0 Å². The summed E-state index contributed by atoms with van der Waals surface area (Å²) in [7, 11) is 0. The van der Waals surface area contributed by atoms with Gasteiger partial charge in [-0.25, -0.2) is 0 Å². The van der Waals surface area contributed by atoms with Crippen molar-refractivity contribution in [3.8, 4) is 0 Å². The fourth-order valence-corrected chi connectivity index (χ4v) is 6.22. The average Bonchev–Trinajstić information content (AvgIpc) is 3.18. The molecule has 0 saturated carbocycles. The number of unbranched alkanes of at least 4 members (excludes halogenated alkanes) is 23. The largest absolute Gasteiger partial charge is 0.462 e. The van der Waals surface area contributed by atoms with Crippen LogP contribution in [0.25, 0.3) is 0 Å². The van der Waals surface area contributed by atoms with Crippen molar-refractivity contribution in [2.24, 2.45) is 0 Å². The smallest absolute Gasteiger partial charge is 0.306 e. The molecule has 0 aliphatic rings. The van der Waals surface area contributed by atoms with Crippen LogP contribution in [0.5, 0.6) is 0 Å². The molecule has 0 fully saturated rings. The summed E-state index contributed by atoms with van der Waals surface area (Å²) in [5, 5.41) is 0. The van der Waals surface area contributed by atoms with Gasteiger partial charge in [0, 0.05) is 19.3 Å². The van der Waals surface area contributed by atoms with Crippen LogP contribution in [0.2, 0.25) is 0 Å². The highest BCUT2D eigenvalue weighted by Crippen LogP contribution is 2.13. The summed E-state index contributed by atoms with van der Waals surface area (Å²) >= 11 is 0. The molecule has 0 radical (unpaired) electrons. The minimum absolute atomic E-state index is 0.0888. The SMILES string of the molecule is CCCC/C=C\C=C/CCCCCC(=O)OC(COC(=O)CCCCCCC/C=C\CCCC)COC(=O)CCCCCCCCC/C=C\CCCCCC. The molecular weight excluding hydrogens is 685 g/mol. The maximum atomic E-state index is 12.7. The number of allylic oxidation sites excluding steroid dienone is 8. The molecular formula is C49H86O6. The molecule has 0 saturated heterocycles. The summed E-state index contributed by atoms with van der Waals surface area (Å²) in [6.45, 7) is 6.49. The van der Waals surface area contributed by atoms with Crippen LogP contribution in [-0.2, 0) is 28.6 Å². The highest BCUT2D eigenvalue weighted by molar-refractivity contribution is 5.71. The van der Waals surface area contributed by atoms with E-state index in [0.717, 1.165) is 77.0 Å². The Labute approximate surface area is 339 Å². The quantitative estimate of drug-likeness (QED) is 0.0202. The first kappa shape index (κ1) is 52.4. The molecule has 0 amide bonds. The van der Waals surface area contributed by atoms with Crippen molar-refractivity contribution in [3.63, 3.8) is 0 Å². The van der Waals surface area contributed by atoms with Crippen molar-refractivity contribution in [2.75, 3.05) is 13.2 Å². The summed E-state index contributed by atoms with van der Waals surface area (Å²) in [4.78, 5) is 37.7. The molecule has 1 atom stereocenters. The zero-order valence-electron chi connectivity index (χ0n) is 36.2. The zero-order chi connectivity index (χ0) is 40.1.